The van der Waals surface area contributed by atoms with Crippen molar-refractivity contribution in [3.63, 3.8) is 0 Å². The number of hydrogen-bond donors (Lipinski definition) is 1. The Morgan fingerprint density at radius 3 is 2.92 bits per heavy atom. The first-order chi connectivity index (χ1) is 11.6. The minimum absolute atomic E-state index is 0.123. The van der Waals surface area contributed by atoms with Gasteiger partial charge >= 0.3 is 5.97 Å². The number of fused-ring (bicyclic) bond motifs is 1. The third-order valence-corrected chi connectivity index (χ3v) is 4.44. The highest BCUT2D eigenvalue weighted by Gasteiger charge is 2.16. The fourth-order valence-electron chi connectivity index (χ4n) is 2.08. The Kier molecular flexibility index (Phi) is 5.23. The van der Waals surface area contributed by atoms with Crippen LogP contribution >= 0.6 is 35.0 Å². The number of carbonyl (C=O) groups is 1. The van der Waals surface area contributed by atoms with Crippen molar-refractivity contribution >= 4 is 52.1 Å². The Morgan fingerprint density at radius 2 is 2.17 bits per heavy atom. The van der Waals surface area contributed by atoms with Gasteiger partial charge in [0.25, 0.3) is 0 Å². The predicted molar refractivity (Wildman–Crippen MR) is 94.5 cm³/mol. The number of ether oxygens (including phenoxy) is 1. The van der Waals surface area contributed by atoms with Gasteiger partial charge in [-0.1, -0.05) is 35.0 Å². The molecule has 9 heteroatoms. The van der Waals surface area contributed by atoms with Crippen molar-refractivity contribution in [2.45, 2.75) is 12.1 Å². The molecule has 0 bridgehead atoms. The molecule has 2 aromatic heterocycles. The number of imidazole rings is 1. The van der Waals surface area contributed by atoms with Crippen LogP contribution in [0.2, 0.25) is 10.0 Å². The van der Waals surface area contributed by atoms with Crippen LogP contribution in [0, 0.1) is 0 Å². The van der Waals surface area contributed by atoms with E-state index in [1.165, 1.54) is 18.1 Å². The highest BCUT2D eigenvalue weighted by molar-refractivity contribution is 7.99. The second-order valence-electron chi connectivity index (χ2n) is 4.67. The zero-order valence-corrected chi connectivity index (χ0v) is 14.9. The van der Waals surface area contributed by atoms with Gasteiger partial charge in [-0.05, 0) is 25.1 Å². The van der Waals surface area contributed by atoms with Gasteiger partial charge in [0.05, 0.1) is 23.7 Å². The average molecular weight is 383 g/mol. The van der Waals surface area contributed by atoms with E-state index in [1.54, 1.807) is 25.1 Å². The zero-order valence-electron chi connectivity index (χ0n) is 12.5. The van der Waals surface area contributed by atoms with Gasteiger partial charge in [-0.2, -0.15) is 0 Å². The molecule has 2 heterocycles. The van der Waals surface area contributed by atoms with Crippen LogP contribution in [0.25, 0.3) is 22.4 Å². The number of carbonyl (C=O) groups excluding carboxylic acids is 1. The Labute approximate surface area is 152 Å². The van der Waals surface area contributed by atoms with Gasteiger partial charge in [-0.25, -0.2) is 15.0 Å². The molecule has 0 amide bonds. The molecule has 0 unspecified atom stereocenters. The summed E-state index contributed by atoms with van der Waals surface area (Å²) in [4.78, 5) is 27.5. The molecule has 0 aliphatic heterocycles. The monoisotopic (exact) mass is 382 g/mol. The van der Waals surface area contributed by atoms with E-state index in [0.29, 0.717) is 44.2 Å². The van der Waals surface area contributed by atoms with E-state index in [-0.39, 0.29) is 11.7 Å². The summed E-state index contributed by atoms with van der Waals surface area (Å²) in [6.07, 6.45) is 1.53. The van der Waals surface area contributed by atoms with Crippen molar-refractivity contribution in [1.29, 1.82) is 0 Å². The Bertz CT molecular complexity index is 900. The van der Waals surface area contributed by atoms with E-state index >= 15 is 0 Å². The molecule has 1 N–H and O–H groups in total. The second kappa shape index (κ2) is 7.38. The lowest BCUT2D eigenvalue weighted by molar-refractivity contribution is -0.139. The van der Waals surface area contributed by atoms with E-state index in [0.717, 1.165) is 0 Å². The van der Waals surface area contributed by atoms with Crippen molar-refractivity contribution in [2.24, 2.45) is 0 Å². The second-order valence-corrected chi connectivity index (χ2v) is 6.46. The topological polar surface area (TPSA) is 80.8 Å². The minimum atomic E-state index is -0.320. The van der Waals surface area contributed by atoms with Crippen LogP contribution in [0.15, 0.2) is 29.7 Å². The number of nitrogens with one attached hydrogen (secondary N) is 1. The standard InChI is InChI=1S/C15H12Cl2N4O2S/c1-2-23-11(22)6-24-15-20-12(13-14(21-15)19-7-18-13)9-4-3-8(16)5-10(9)17/h3-5,7H,2,6H2,1H3,(H,18,19,20,21). The first-order valence-electron chi connectivity index (χ1n) is 7.03. The van der Waals surface area contributed by atoms with Crippen LogP contribution in [0.5, 0.6) is 0 Å². The molecule has 0 saturated carbocycles. The quantitative estimate of drug-likeness (QED) is 0.408. The van der Waals surface area contributed by atoms with E-state index in [9.17, 15) is 4.79 Å². The SMILES string of the molecule is CCOC(=O)CSc1nc(-c2ccc(Cl)cc2Cl)c2[nH]cnc2n1. The molecule has 0 atom stereocenters. The molecule has 1 aromatic carbocycles. The zero-order chi connectivity index (χ0) is 17.1. The Morgan fingerprint density at radius 1 is 1.33 bits per heavy atom. The number of rotatable bonds is 5. The van der Waals surface area contributed by atoms with Gasteiger partial charge < -0.3 is 9.72 Å². The molecule has 0 fully saturated rings. The highest BCUT2D eigenvalue weighted by Crippen LogP contribution is 2.33. The van der Waals surface area contributed by atoms with Gasteiger partial charge in [0, 0.05) is 10.6 Å². The Balaban J connectivity index is 2.00. The molecule has 0 aliphatic rings. The van der Waals surface area contributed by atoms with Crippen LogP contribution in [0.1, 0.15) is 6.92 Å². The first-order valence-corrected chi connectivity index (χ1v) is 8.77. The number of H-pyrrole nitrogens is 1. The first kappa shape index (κ1) is 17.0. The lowest BCUT2D eigenvalue weighted by Crippen LogP contribution is -2.07. The fraction of sp³-hybridized carbons (Fsp3) is 0.200. The van der Waals surface area contributed by atoms with Gasteiger partial charge in [0.1, 0.15) is 11.2 Å². The summed E-state index contributed by atoms with van der Waals surface area (Å²) in [5, 5.41) is 1.43. The smallest absolute Gasteiger partial charge is 0.316 e. The summed E-state index contributed by atoms with van der Waals surface area (Å²) in [5.41, 5.74) is 2.47. The number of esters is 1. The molecule has 3 aromatic rings. The number of thioether (sulfide) groups is 1. The summed E-state index contributed by atoms with van der Waals surface area (Å²) in [6.45, 7) is 2.10. The molecule has 0 saturated heterocycles. The summed E-state index contributed by atoms with van der Waals surface area (Å²) in [5.74, 6) is -0.198. The predicted octanol–water partition coefficient (Wildman–Crippen LogP) is 3.98. The lowest BCUT2D eigenvalue weighted by atomic mass is 10.1. The number of aromatic amines is 1. The molecule has 0 aliphatic carbocycles. The van der Waals surface area contributed by atoms with Crippen molar-refractivity contribution in [2.75, 3.05) is 12.4 Å². The summed E-state index contributed by atoms with van der Waals surface area (Å²) >= 11 is 13.4. The van der Waals surface area contributed by atoms with Crippen molar-refractivity contribution in [3.8, 4) is 11.3 Å². The van der Waals surface area contributed by atoms with Crippen molar-refractivity contribution in [1.82, 2.24) is 19.9 Å². The van der Waals surface area contributed by atoms with Crippen molar-refractivity contribution < 1.29 is 9.53 Å². The molecule has 6 nitrogen and oxygen atoms in total. The number of halogens is 2. The van der Waals surface area contributed by atoms with Gasteiger partial charge in [0.15, 0.2) is 10.8 Å². The summed E-state index contributed by atoms with van der Waals surface area (Å²) in [7, 11) is 0. The molecule has 0 spiro atoms. The Hall–Kier alpha value is -1.83. The average Bonchev–Trinajstić information content (AvgIpc) is 3.01. The molecule has 124 valence electrons. The molecule has 3 rings (SSSR count). The maximum absolute atomic E-state index is 11.5. The van der Waals surface area contributed by atoms with Gasteiger partial charge in [0.2, 0.25) is 0 Å². The van der Waals surface area contributed by atoms with E-state index < -0.39 is 0 Å². The highest BCUT2D eigenvalue weighted by atomic mass is 35.5. The van der Waals surface area contributed by atoms with Crippen LogP contribution < -0.4 is 0 Å². The fourth-order valence-corrected chi connectivity index (χ4v) is 3.22. The summed E-state index contributed by atoms with van der Waals surface area (Å²) in [6, 6.07) is 5.17. The summed E-state index contributed by atoms with van der Waals surface area (Å²) < 4.78 is 4.91. The number of hydrogen-bond acceptors (Lipinski definition) is 6. The third-order valence-electron chi connectivity index (χ3n) is 3.08. The van der Waals surface area contributed by atoms with Gasteiger partial charge in [-0.15, -0.1) is 0 Å². The minimum Gasteiger partial charge on any atom is -0.465 e. The molecule has 24 heavy (non-hydrogen) atoms. The van der Waals surface area contributed by atoms with Crippen LogP contribution in [0.4, 0.5) is 0 Å². The van der Waals surface area contributed by atoms with Crippen LogP contribution in [-0.2, 0) is 9.53 Å². The number of aromatic nitrogens is 4. The van der Waals surface area contributed by atoms with Crippen molar-refractivity contribution in [3.05, 3.63) is 34.6 Å². The molecular weight excluding hydrogens is 371 g/mol. The van der Waals surface area contributed by atoms with Gasteiger partial charge in [-0.3, -0.25) is 4.79 Å². The van der Waals surface area contributed by atoms with Crippen LogP contribution in [0.3, 0.4) is 0 Å². The third kappa shape index (κ3) is 3.63. The van der Waals surface area contributed by atoms with E-state index in [4.69, 9.17) is 27.9 Å². The van der Waals surface area contributed by atoms with Crippen LogP contribution in [-0.4, -0.2) is 38.3 Å². The lowest BCUT2D eigenvalue weighted by Gasteiger charge is -2.07. The molecular formula is C15H12Cl2N4O2S. The number of nitrogens with zero attached hydrogens (tertiary/aromatic N) is 3. The maximum Gasteiger partial charge on any atom is 0.316 e. The van der Waals surface area contributed by atoms with E-state index in [2.05, 4.69) is 19.9 Å². The largest absolute Gasteiger partial charge is 0.465 e. The number of benzene rings is 1. The normalized spacial score (nSPS) is 11.0. The maximum atomic E-state index is 11.5. The van der Waals surface area contributed by atoms with E-state index in [1.807, 2.05) is 0 Å². The molecule has 0 radical (unpaired) electrons.